The molecule has 0 aliphatic heterocycles. The molecular weight excluding hydrogens is 308 g/mol. The quantitative estimate of drug-likeness (QED) is 0.732. The zero-order valence-electron chi connectivity index (χ0n) is 13.5. The minimum atomic E-state index is -0.483. The topological polar surface area (TPSA) is 73.5 Å². The fourth-order valence-electron chi connectivity index (χ4n) is 2.66. The molecule has 24 heavy (non-hydrogen) atoms. The largest absolute Gasteiger partial charge is 0.467 e. The van der Waals surface area contributed by atoms with Crippen LogP contribution < -0.4 is 5.32 Å². The number of fused-ring (bicyclic) bond motifs is 1. The molecule has 0 spiro atoms. The SMILES string of the molecule is COC(=O)c1cn([C@@H](C)C(=O)NCc2ccco2)c2ccccc12. The zero-order valence-corrected chi connectivity index (χ0v) is 13.5. The van der Waals surface area contributed by atoms with Crippen molar-refractivity contribution in [2.75, 3.05) is 7.11 Å². The monoisotopic (exact) mass is 326 g/mol. The summed E-state index contributed by atoms with van der Waals surface area (Å²) in [4.78, 5) is 24.4. The molecule has 1 amide bonds. The lowest BCUT2D eigenvalue weighted by molar-refractivity contribution is -0.124. The van der Waals surface area contributed by atoms with E-state index in [1.165, 1.54) is 7.11 Å². The Balaban J connectivity index is 1.87. The average molecular weight is 326 g/mol. The Bertz CT molecular complexity index is 864. The Morgan fingerprint density at radius 1 is 1.25 bits per heavy atom. The van der Waals surface area contributed by atoms with Crippen LogP contribution in [0.5, 0.6) is 0 Å². The maximum atomic E-state index is 12.4. The number of carbonyl (C=O) groups is 2. The van der Waals surface area contributed by atoms with Gasteiger partial charge in [0, 0.05) is 17.1 Å². The van der Waals surface area contributed by atoms with E-state index in [-0.39, 0.29) is 5.91 Å². The summed E-state index contributed by atoms with van der Waals surface area (Å²) in [5.41, 5.74) is 1.25. The summed E-state index contributed by atoms with van der Waals surface area (Å²) in [6, 6.07) is 10.5. The lowest BCUT2D eigenvalue weighted by Gasteiger charge is -2.14. The highest BCUT2D eigenvalue weighted by Crippen LogP contribution is 2.25. The van der Waals surface area contributed by atoms with Crippen molar-refractivity contribution >= 4 is 22.8 Å². The lowest BCUT2D eigenvalue weighted by Crippen LogP contribution is -2.30. The molecular formula is C18H18N2O4. The number of hydrogen-bond acceptors (Lipinski definition) is 4. The van der Waals surface area contributed by atoms with Crippen molar-refractivity contribution in [2.24, 2.45) is 0 Å². The van der Waals surface area contributed by atoms with E-state index in [0.29, 0.717) is 17.9 Å². The van der Waals surface area contributed by atoms with Crippen LogP contribution >= 0.6 is 0 Å². The number of methoxy groups -OCH3 is 1. The number of para-hydroxylation sites is 1. The molecule has 0 aliphatic carbocycles. The molecule has 6 nitrogen and oxygen atoms in total. The van der Waals surface area contributed by atoms with Gasteiger partial charge in [0.05, 0.1) is 25.5 Å². The number of amides is 1. The number of esters is 1. The second-order valence-corrected chi connectivity index (χ2v) is 5.43. The Labute approximate surface area is 139 Å². The first-order valence-corrected chi connectivity index (χ1v) is 7.59. The van der Waals surface area contributed by atoms with Crippen LogP contribution in [0.2, 0.25) is 0 Å². The zero-order chi connectivity index (χ0) is 17.1. The molecule has 124 valence electrons. The van der Waals surface area contributed by atoms with Crippen LogP contribution in [0.15, 0.2) is 53.3 Å². The molecule has 0 radical (unpaired) electrons. The number of rotatable bonds is 5. The van der Waals surface area contributed by atoms with Gasteiger partial charge < -0.3 is 19.0 Å². The predicted octanol–water partition coefficient (Wildman–Crippen LogP) is 2.90. The lowest BCUT2D eigenvalue weighted by atomic mass is 10.2. The number of ether oxygens (including phenoxy) is 1. The number of benzene rings is 1. The van der Waals surface area contributed by atoms with Crippen molar-refractivity contribution in [2.45, 2.75) is 19.5 Å². The van der Waals surface area contributed by atoms with Crippen LogP contribution in [0.3, 0.4) is 0 Å². The van der Waals surface area contributed by atoms with Gasteiger partial charge in [0.15, 0.2) is 0 Å². The van der Waals surface area contributed by atoms with Gasteiger partial charge in [0.1, 0.15) is 11.8 Å². The maximum Gasteiger partial charge on any atom is 0.340 e. The van der Waals surface area contributed by atoms with Crippen LogP contribution in [-0.4, -0.2) is 23.6 Å². The standard InChI is InChI=1S/C18H18N2O4/c1-12(17(21)19-10-13-6-5-9-24-13)20-11-15(18(22)23-2)14-7-3-4-8-16(14)20/h3-9,11-12H,10H2,1-2H3,(H,19,21)/t12-/m0/s1. The van der Waals surface area contributed by atoms with E-state index in [0.717, 1.165) is 10.9 Å². The van der Waals surface area contributed by atoms with Gasteiger partial charge in [-0.2, -0.15) is 0 Å². The van der Waals surface area contributed by atoms with Crippen LogP contribution in [0.25, 0.3) is 10.9 Å². The van der Waals surface area contributed by atoms with Gasteiger partial charge in [0.25, 0.3) is 0 Å². The van der Waals surface area contributed by atoms with Crippen molar-refractivity contribution in [3.8, 4) is 0 Å². The summed E-state index contributed by atoms with van der Waals surface area (Å²) < 4.78 is 11.8. The maximum absolute atomic E-state index is 12.4. The summed E-state index contributed by atoms with van der Waals surface area (Å²) in [7, 11) is 1.34. The number of nitrogens with one attached hydrogen (secondary N) is 1. The van der Waals surface area contributed by atoms with Crippen molar-refractivity contribution in [3.05, 3.63) is 60.2 Å². The van der Waals surface area contributed by atoms with Gasteiger partial charge in [-0.3, -0.25) is 4.79 Å². The first kappa shape index (κ1) is 15.9. The summed E-state index contributed by atoms with van der Waals surface area (Å²) in [6.07, 6.45) is 3.22. The highest BCUT2D eigenvalue weighted by Gasteiger charge is 2.21. The number of hydrogen-bond donors (Lipinski definition) is 1. The third kappa shape index (κ3) is 2.90. The summed E-state index contributed by atoms with van der Waals surface area (Å²) in [5.74, 6) is 0.0971. The van der Waals surface area contributed by atoms with Crippen molar-refractivity contribution in [1.82, 2.24) is 9.88 Å². The highest BCUT2D eigenvalue weighted by atomic mass is 16.5. The fraction of sp³-hybridized carbons (Fsp3) is 0.222. The molecule has 0 saturated heterocycles. The van der Waals surface area contributed by atoms with E-state index in [9.17, 15) is 9.59 Å². The van der Waals surface area contributed by atoms with E-state index in [4.69, 9.17) is 9.15 Å². The summed E-state index contributed by atoms with van der Waals surface area (Å²) >= 11 is 0. The minimum Gasteiger partial charge on any atom is -0.467 e. The highest BCUT2D eigenvalue weighted by molar-refractivity contribution is 6.04. The normalized spacial score (nSPS) is 12.1. The van der Waals surface area contributed by atoms with Crippen molar-refractivity contribution in [1.29, 1.82) is 0 Å². The third-order valence-corrected chi connectivity index (χ3v) is 3.96. The first-order chi connectivity index (χ1) is 11.6. The number of carbonyl (C=O) groups excluding carboxylic acids is 2. The fourth-order valence-corrected chi connectivity index (χ4v) is 2.66. The van der Waals surface area contributed by atoms with Crippen LogP contribution in [0.1, 0.15) is 29.1 Å². The first-order valence-electron chi connectivity index (χ1n) is 7.59. The van der Waals surface area contributed by atoms with Crippen LogP contribution in [-0.2, 0) is 16.1 Å². The molecule has 1 atom stereocenters. The molecule has 1 aromatic carbocycles. The third-order valence-electron chi connectivity index (χ3n) is 3.96. The molecule has 0 fully saturated rings. The van der Waals surface area contributed by atoms with E-state index in [1.807, 2.05) is 24.3 Å². The Morgan fingerprint density at radius 2 is 2.04 bits per heavy atom. The molecule has 0 aliphatic rings. The molecule has 0 bridgehead atoms. The molecule has 0 unspecified atom stereocenters. The Morgan fingerprint density at radius 3 is 2.75 bits per heavy atom. The van der Waals surface area contributed by atoms with Crippen molar-refractivity contribution in [3.63, 3.8) is 0 Å². The van der Waals surface area contributed by atoms with E-state index in [2.05, 4.69) is 5.32 Å². The van der Waals surface area contributed by atoms with Gasteiger partial charge in [-0.05, 0) is 25.1 Å². The molecule has 2 heterocycles. The molecule has 0 saturated carbocycles. The minimum absolute atomic E-state index is 0.163. The van der Waals surface area contributed by atoms with Gasteiger partial charge in [-0.15, -0.1) is 0 Å². The van der Waals surface area contributed by atoms with Gasteiger partial charge >= 0.3 is 5.97 Å². The van der Waals surface area contributed by atoms with Gasteiger partial charge in [-0.1, -0.05) is 18.2 Å². The molecule has 3 aromatic rings. The average Bonchev–Trinajstić information content (AvgIpc) is 3.26. The molecule has 2 aromatic heterocycles. The molecule has 3 rings (SSSR count). The number of furan rings is 1. The second kappa shape index (κ2) is 6.62. The van der Waals surface area contributed by atoms with E-state index < -0.39 is 12.0 Å². The smallest absolute Gasteiger partial charge is 0.340 e. The van der Waals surface area contributed by atoms with E-state index in [1.54, 1.807) is 36.1 Å². The summed E-state index contributed by atoms with van der Waals surface area (Å²) in [5, 5.41) is 3.59. The molecule has 1 N–H and O–H groups in total. The Hall–Kier alpha value is -3.02. The van der Waals surface area contributed by atoms with Gasteiger partial charge in [0.2, 0.25) is 5.91 Å². The predicted molar refractivity (Wildman–Crippen MR) is 88.5 cm³/mol. The van der Waals surface area contributed by atoms with Crippen LogP contribution in [0.4, 0.5) is 0 Å². The van der Waals surface area contributed by atoms with Gasteiger partial charge in [-0.25, -0.2) is 4.79 Å². The summed E-state index contributed by atoms with van der Waals surface area (Å²) in [6.45, 7) is 2.10. The van der Waals surface area contributed by atoms with Crippen molar-refractivity contribution < 1.29 is 18.7 Å². The van der Waals surface area contributed by atoms with E-state index >= 15 is 0 Å². The second-order valence-electron chi connectivity index (χ2n) is 5.43. The van der Waals surface area contributed by atoms with Crippen LogP contribution in [0, 0.1) is 0 Å². The number of nitrogens with zero attached hydrogens (tertiary/aromatic N) is 1. The molecule has 6 heteroatoms. The number of aromatic nitrogens is 1. The Kier molecular flexibility index (Phi) is 4.37.